The maximum absolute atomic E-state index is 14.6. The first-order chi connectivity index (χ1) is 17.2. The van der Waals surface area contributed by atoms with Crippen LogP contribution < -0.4 is 0 Å². The second-order valence-corrected chi connectivity index (χ2v) is 9.64. The molecule has 1 aliphatic rings. The third-order valence-electron chi connectivity index (χ3n) is 6.79. The minimum atomic E-state index is -0.644. The van der Waals surface area contributed by atoms with E-state index in [0.29, 0.717) is 46.7 Å². The predicted molar refractivity (Wildman–Crippen MR) is 136 cm³/mol. The van der Waals surface area contributed by atoms with E-state index in [1.807, 2.05) is 43.3 Å². The molecule has 0 radical (unpaired) electrons. The van der Waals surface area contributed by atoms with E-state index in [1.165, 1.54) is 12.1 Å². The molecule has 10 heteroatoms. The quantitative estimate of drug-likeness (QED) is 0.415. The molecule has 1 saturated heterocycles. The van der Waals surface area contributed by atoms with Crippen LogP contribution in [0.4, 0.5) is 4.39 Å². The summed E-state index contributed by atoms with van der Waals surface area (Å²) < 4.78 is 17.9. The van der Waals surface area contributed by atoms with Gasteiger partial charge >= 0.3 is 0 Å². The number of benzene rings is 2. The van der Waals surface area contributed by atoms with Crippen molar-refractivity contribution in [1.82, 2.24) is 29.1 Å². The molecule has 0 saturated carbocycles. The van der Waals surface area contributed by atoms with E-state index in [9.17, 15) is 9.18 Å². The van der Waals surface area contributed by atoms with Gasteiger partial charge in [0.2, 0.25) is 0 Å². The van der Waals surface area contributed by atoms with Gasteiger partial charge in [-0.1, -0.05) is 11.6 Å². The topological polar surface area (TPSA) is 83.0 Å². The van der Waals surface area contributed by atoms with Gasteiger partial charge in [0.25, 0.3) is 5.91 Å². The number of aryl methyl sites for hydroxylation is 2. The SMILES string of the molecule is Cc1nc(-c2ccc(C#N)c(F)c2)n(-c2ccc3nn(C)c(Cl)c3c2)c1C(=O)N1CC[C@H](N(C)C)C1. The minimum absolute atomic E-state index is 0.0553. The molecule has 1 fully saturated rings. The molecule has 1 amide bonds. The van der Waals surface area contributed by atoms with Crippen molar-refractivity contribution >= 4 is 28.4 Å². The third-order valence-corrected chi connectivity index (χ3v) is 7.23. The molecule has 0 bridgehead atoms. The Morgan fingerprint density at radius 3 is 2.69 bits per heavy atom. The van der Waals surface area contributed by atoms with Gasteiger partial charge in [-0.3, -0.25) is 14.0 Å². The smallest absolute Gasteiger partial charge is 0.272 e. The summed E-state index contributed by atoms with van der Waals surface area (Å²) in [4.78, 5) is 22.5. The van der Waals surface area contributed by atoms with Crippen molar-refractivity contribution < 1.29 is 9.18 Å². The molecule has 8 nitrogen and oxygen atoms in total. The standard InChI is InChI=1S/C26H25ClFN7O/c1-15-23(26(36)34-10-9-19(14-34)32(2)3)35(18-7-8-22-20(12-18)24(27)33(4)31-22)25(30-15)16-5-6-17(13-29)21(28)11-16/h5-8,11-12,19H,9-10,14H2,1-4H3/t19-/m0/s1. The number of likely N-dealkylation sites (tertiary alicyclic amines) is 1. The molecule has 1 aliphatic heterocycles. The first kappa shape index (κ1) is 24.0. The van der Waals surface area contributed by atoms with Gasteiger partial charge in [0.05, 0.1) is 16.8 Å². The Labute approximate surface area is 213 Å². The van der Waals surface area contributed by atoms with Crippen LogP contribution in [0.1, 0.15) is 28.2 Å². The Morgan fingerprint density at radius 1 is 1.25 bits per heavy atom. The van der Waals surface area contributed by atoms with Gasteiger partial charge in [0, 0.05) is 42.8 Å². The van der Waals surface area contributed by atoms with Gasteiger partial charge in [-0.15, -0.1) is 0 Å². The Hall–Kier alpha value is -3.74. The molecule has 36 heavy (non-hydrogen) atoms. The van der Waals surface area contributed by atoms with Crippen molar-refractivity contribution in [3.63, 3.8) is 0 Å². The summed E-state index contributed by atoms with van der Waals surface area (Å²) in [6, 6.07) is 12.0. The van der Waals surface area contributed by atoms with Crippen molar-refractivity contribution in [3.05, 3.63) is 64.3 Å². The predicted octanol–water partition coefficient (Wildman–Crippen LogP) is 4.17. The van der Waals surface area contributed by atoms with Crippen LogP contribution in [0.25, 0.3) is 28.0 Å². The summed E-state index contributed by atoms with van der Waals surface area (Å²) in [5, 5.41) is 14.8. The van der Waals surface area contributed by atoms with E-state index in [0.717, 1.165) is 17.3 Å². The van der Waals surface area contributed by atoms with Crippen LogP contribution in [0, 0.1) is 24.1 Å². The van der Waals surface area contributed by atoms with Gasteiger partial charge in [0.1, 0.15) is 28.6 Å². The number of halogens is 2. The van der Waals surface area contributed by atoms with Crippen LogP contribution in [-0.4, -0.2) is 68.3 Å². The second-order valence-electron chi connectivity index (χ2n) is 9.28. The maximum Gasteiger partial charge on any atom is 0.272 e. The molecule has 0 spiro atoms. The van der Waals surface area contributed by atoms with Crippen molar-refractivity contribution in [2.75, 3.05) is 27.2 Å². The van der Waals surface area contributed by atoms with E-state index < -0.39 is 5.82 Å². The Morgan fingerprint density at radius 2 is 2.03 bits per heavy atom. The number of nitrogens with zero attached hydrogens (tertiary/aromatic N) is 7. The van der Waals surface area contributed by atoms with Gasteiger partial charge in [-0.05, 0) is 63.8 Å². The molecule has 1 atom stereocenters. The summed E-state index contributed by atoms with van der Waals surface area (Å²) in [6.45, 7) is 3.04. The zero-order valence-corrected chi connectivity index (χ0v) is 21.2. The molecule has 0 N–H and O–H groups in total. The number of amides is 1. The number of aromatic nitrogens is 4. The molecule has 2 aromatic heterocycles. The van der Waals surface area contributed by atoms with Crippen LogP contribution in [0.5, 0.6) is 0 Å². The number of fused-ring (bicyclic) bond motifs is 1. The highest BCUT2D eigenvalue weighted by Crippen LogP contribution is 2.32. The molecule has 184 valence electrons. The zero-order valence-electron chi connectivity index (χ0n) is 20.5. The van der Waals surface area contributed by atoms with Gasteiger partial charge < -0.3 is 9.80 Å². The van der Waals surface area contributed by atoms with Crippen LogP contribution in [0.2, 0.25) is 5.15 Å². The lowest BCUT2D eigenvalue weighted by Crippen LogP contribution is -2.35. The van der Waals surface area contributed by atoms with Crippen LogP contribution in [-0.2, 0) is 7.05 Å². The highest BCUT2D eigenvalue weighted by molar-refractivity contribution is 6.34. The third kappa shape index (κ3) is 3.92. The van der Waals surface area contributed by atoms with Crippen molar-refractivity contribution in [2.24, 2.45) is 7.05 Å². The number of nitriles is 1. The fourth-order valence-electron chi connectivity index (χ4n) is 4.76. The van der Waals surface area contributed by atoms with Crippen LogP contribution >= 0.6 is 11.6 Å². The minimum Gasteiger partial charge on any atom is -0.336 e. The van der Waals surface area contributed by atoms with E-state index >= 15 is 0 Å². The van der Waals surface area contributed by atoms with Gasteiger partial charge in [-0.25, -0.2) is 9.37 Å². The van der Waals surface area contributed by atoms with Crippen molar-refractivity contribution in [1.29, 1.82) is 5.26 Å². The number of rotatable bonds is 4. The highest BCUT2D eigenvalue weighted by Gasteiger charge is 2.32. The number of likely N-dealkylation sites (N-methyl/N-ethyl adjacent to an activating group) is 1. The summed E-state index contributed by atoms with van der Waals surface area (Å²) >= 11 is 6.48. The average molecular weight is 506 g/mol. The Kier molecular flexibility index (Phi) is 6.02. The average Bonchev–Trinajstić information content (AvgIpc) is 3.55. The summed E-state index contributed by atoms with van der Waals surface area (Å²) in [6.07, 6.45) is 0.886. The number of imidazole rings is 1. The lowest BCUT2D eigenvalue weighted by atomic mass is 10.1. The number of hydrogen-bond donors (Lipinski definition) is 0. The molecule has 2 aromatic carbocycles. The number of carbonyl (C=O) groups is 1. The molecule has 0 aliphatic carbocycles. The first-order valence-electron chi connectivity index (χ1n) is 11.6. The fraction of sp³-hybridized carbons (Fsp3) is 0.308. The fourth-order valence-corrected chi connectivity index (χ4v) is 4.95. The summed E-state index contributed by atoms with van der Waals surface area (Å²) in [5.41, 5.74) is 2.72. The Bertz CT molecular complexity index is 1550. The molecule has 4 aromatic rings. The highest BCUT2D eigenvalue weighted by atomic mass is 35.5. The zero-order chi connectivity index (χ0) is 25.7. The summed E-state index contributed by atoms with van der Waals surface area (Å²) in [5.74, 6) is -0.377. The van der Waals surface area contributed by atoms with E-state index in [-0.39, 0.29) is 17.5 Å². The van der Waals surface area contributed by atoms with E-state index in [1.54, 1.807) is 29.3 Å². The number of hydrogen-bond acceptors (Lipinski definition) is 5. The largest absolute Gasteiger partial charge is 0.336 e. The van der Waals surface area contributed by atoms with Crippen molar-refractivity contribution in [2.45, 2.75) is 19.4 Å². The lowest BCUT2D eigenvalue weighted by Gasteiger charge is -2.21. The molecular formula is C26H25ClFN7O. The lowest BCUT2D eigenvalue weighted by molar-refractivity contribution is 0.0774. The van der Waals surface area contributed by atoms with Gasteiger partial charge in [-0.2, -0.15) is 10.4 Å². The first-order valence-corrected chi connectivity index (χ1v) is 11.9. The monoisotopic (exact) mass is 505 g/mol. The normalized spacial score (nSPS) is 15.7. The summed E-state index contributed by atoms with van der Waals surface area (Å²) in [7, 11) is 5.79. The second kappa shape index (κ2) is 9.04. The maximum atomic E-state index is 14.6. The molecule has 5 rings (SSSR count). The van der Waals surface area contributed by atoms with Crippen molar-refractivity contribution in [3.8, 4) is 23.1 Å². The molecular weight excluding hydrogens is 481 g/mol. The van der Waals surface area contributed by atoms with Crippen LogP contribution in [0.15, 0.2) is 36.4 Å². The number of carbonyl (C=O) groups excluding carboxylic acids is 1. The Balaban J connectivity index is 1.71. The van der Waals surface area contributed by atoms with Crippen LogP contribution in [0.3, 0.4) is 0 Å². The van der Waals surface area contributed by atoms with E-state index in [2.05, 4.69) is 10.00 Å². The molecule has 3 heterocycles. The molecule has 0 unspecified atom stereocenters. The van der Waals surface area contributed by atoms with E-state index in [4.69, 9.17) is 21.8 Å². The van der Waals surface area contributed by atoms with Gasteiger partial charge in [0.15, 0.2) is 0 Å².